The van der Waals surface area contributed by atoms with Crippen LogP contribution in [-0.2, 0) is 4.79 Å². The summed E-state index contributed by atoms with van der Waals surface area (Å²) in [6.07, 6.45) is 0.360. The second-order valence-corrected chi connectivity index (χ2v) is 5.63. The highest BCUT2D eigenvalue weighted by Gasteiger charge is 2.46. The van der Waals surface area contributed by atoms with Gasteiger partial charge in [0.1, 0.15) is 6.17 Å². The molecule has 1 saturated heterocycles. The van der Waals surface area contributed by atoms with E-state index in [1.807, 2.05) is 26.8 Å². The van der Waals surface area contributed by atoms with E-state index in [0.717, 1.165) is 5.56 Å². The van der Waals surface area contributed by atoms with Crippen molar-refractivity contribution in [2.45, 2.75) is 45.8 Å². The number of benzene rings is 1. The van der Waals surface area contributed by atoms with E-state index in [9.17, 15) is 14.9 Å². The monoisotopic (exact) mass is 291 g/mol. The van der Waals surface area contributed by atoms with E-state index in [2.05, 4.69) is 5.32 Å². The largest absolute Gasteiger partial charge is 0.322 e. The lowest BCUT2D eigenvalue weighted by Crippen LogP contribution is -2.43. The number of amides is 1. The Morgan fingerprint density at radius 3 is 2.62 bits per heavy atom. The van der Waals surface area contributed by atoms with Crippen molar-refractivity contribution in [3.05, 3.63) is 39.4 Å². The molecule has 6 nitrogen and oxygen atoms in total. The number of carbonyl (C=O) groups is 1. The topological polar surface area (TPSA) is 75.5 Å². The SMILES string of the molecule is CCN1C(=O)C(C)(CC)NC1c1ccc(C)c([N+](=O)[O-])c1. The molecule has 1 aromatic rings. The van der Waals surface area contributed by atoms with E-state index in [1.54, 1.807) is 24.0 Å². The van der Waals surface area contributed by atoms with Crippen molar-refractivity contribution in [1.82, 2.24) is 10.2 Å². The number of likely N-dealkylation sites (N-methyl/N-ethyl adjacent to an activating group) is 1. The highest BCUT2D eigenvalue weighted by atomic mass is 16.6. The summed E-state index contributed by atoms with van der Waals surface area (Å²) < 4.78 is 0. The fourth-order valence-electron chi connectivity index (χ4n) is 2.71. The van der Waals surface area contributed by atoms with E-state index in [1.165, 1.54) is 0 Å². The molecule has 1 fully saturated rings. The van der Waals surface area contributed by atoms with Gasteiger partial charge in [0.15, 0.2) is 0 Å². The predicted molar refractivity (Wildman–Crippen MR) is 79.8 cm³/mol. The molecule has 1 aliphatic heterocycles. The fraction of sp³-hybridized carbons (Fsp3) is 0.533. The summed E-state index contributed by atoms with van der Waals surface area (Å²) in [6.45, 7) is 8.02. The Morgan fingerprint density at radius 1 is 1.43 bits per heavy atom. The molecule has 6 heteroatoms. The highest BCUT2D eigenvalue weighted by molar-refractivity contribution is 5.88. The first-order chi connectivity index (χ1) is 9.84. The van der Waals surface area contributed by atoms with Gasteiger partial charge in [-0.25, -0.2) is 0 Å². The normalized spacial score (nSPS) is 25.4. The summed E-state index contributed by atoms with van der Waals surface area (Å²) >= 11 is 0. The van der Waals surface area contributed by atoms with Gasteiger partial charge < -0.3 is 4.90 Å². The zero-order chi connectivity index (χ0) is 15.8. The van der Waals surface area contributed by atoms with Crippen LogP contribution < -0.4 is 5.32 Å². The van der Waals surface area contributed by atoms with Crippen LogP contribution in [0.5, 0.6) is 0 Å². The molecule has 1 aliphatic rings. The first-order valence-corrected chi connectivity index (χ1v) is 7.17. The van der Waals surface area contributed by atoms with E-state index >= 15 is 0 Å². The summed E-state index contributed by atoms with van der Waals surface area (Å²) in [7, 11) is 0. The predicted octanol–water partition coefficient (Wildman–Crippen LogP) is 2.52. The maximum Gasteiger partial charge on any atom is 0.272 e. The number of aryl methyl sites for hydroxylation is 1. The quantitative estimate of drug-likeness (QED) is 0.683. The van der Waals surface area contributed by atoms with Crippen molar-refractivity contribution in [2.24, 2.45) is 0 Å². The average Bonchev–Trinajstić information content (AvgIpc) is 2.71. The molecular weight excluding hydrogens is 270 g/mol. The number of rotatable bonds is 4. The van der Waals surface area contributed by atoms with Gasteiger partial charge in [-0.05, 0) is 32.8 Å². The molecule has 2 atom stereocenters. The van der Waals surface area contributed by atoms with Crippen molar-refractivity contribution in [3.8, 4) is 0 Å². The third-order valence-electron chi connectivity index (χ3n) is 4.29. The molecule has 114 valence electrons. The lowest BCUT2D eigenvalue weighted by atomic mass is 9.99. The van der Waals surface area contributed by atoms with Crippen molar-refractivity contribution < 1.29 is 9.72 Å². The molecule has 0 radical (unpaired) electrons. The number of nitro benzene ring substituents is 1. The van der Waals surface area contributed by atoms with Crippen molar-refractivity contribution in [3.63, 3.8) is 0 Å². The molecule has 1 amide bonds. The van der Waals surface area contributed by atoms with Gasteiger partial charge >= 0.3 is 0 Å². The Morgan fingerprint density at radius 2 is 2.10 bits per heavy atom. The molecule has 1 heterocycles. The van der Waals surface area contributed by atoms with Crippen LogP contribution in [0.25, 0.3) is 0 Å². The van der Waals surface area contributed by atoms with Gasteiger partial charge in [0.25, 0.3) is 5.69 Å². The van der Waals surface area contributed by atoms with Crippen LogP contribution in [0.1, 0.15) is 44.5 Å². The number of nitro groups is 1. The summed E-state index contributed by atoms with van der Waals surface area (Å²) in [5.74, 6) is 0.0423. The molecule has 2 unspecified atom stereocenters. The zero-order valence-electron chi connectivity index (χ0n) is 12.8. The zero-order valence-corrected chi connectivity index (χ0v) is 12.8. The van der Waals surface area contributed by atoms with Gasteiger partial charge in [0.05, 0.1) is 10.5 Å². The van der Waals surface area contributed by atoms with Crippen molar-refractivity contribution in [1.29, 1.82) is 0 Å². The Labute approximate surface area is 124 Å². The van der Waals surface area contributed by atoms with Crippen LogP contribution in [0.4, 0.5) is 5.69 Å². The van der Waals surface area contributed by atoms with Gasteiger partial charge in [-0.15, -0.1) is 0 Å². The second kappa shape index (κ2) is 5.44. The highest BCUT2D eigenvalue weighted by Crippen LogP contribution is 2.34. The third-order valence-corrected chi connectivity index (χ3v) is 4.29. The smallest absolute Gasteiger partial charge is 0.272 e. The Kier molecular flexibility index (Phi) is 4.00. The van der Waals surface area contributed by atoms with Crippen molar-refractivity contribution >= 4 is 11.6 Å². The van der Waals surface area contributed by atoms with E-state index < -0.39 is 5.54 Å². The maximum absolute atomic E-state index is 12.5. The second-order valence-electron chi connectivity index (χ2n) is 5.63. The van der Waals surface area contributed by atoms with Gasteiger partial charge in [-0.1, -0.05) is 19.1 Å². The summed E-state index contributed by atoms with van der Waals surface area (Å²) in [5, 5.41) is 14.4. The Bertz CT molecular complexity index is 588. The van der Waals surface area contributed by atoms with E-state index in [4.69, 9.17) is 0 Å². The fourth-order valence-corrected chi connectivity index (χ4v) is 2.71. The van der Waals surface area contributed by atoms with Crippen LogP contribution in [0.2, 0.25) is 0 Å². The lowest BCUT2D eigenvalue weighted by molar-refractivity contribution is -0.385. The molecule has 0 saturated carbocycles. The summed E-state index contributed by atoms with van der Waals surface area (Å²) in [4.78, 5) is 24.9. The number of nitrogens with one attached hydrogen (secondary N) is 1. The lowest BCUT2D eigenvalue weighted by Gasteiger charge is -2.22. The minimum absolute atomic E-state index is 0.0423. The number of carbonyl (C=O) groups excluding carboxylic acids is 1. The molecule has 21 heavy (non-hydrogen) atoms. The molecule has 2 rings (SSSR count). The van der Waals surface area contributed by atoms with Gasteiger partial charge in [-0.3, -0.25) is 20.2 Å². The summed E-state index contributed by atoms with van der Waals surface area (Å²) in [5.41, 5.74) is 0.845. The number of nitrogens with zero attached hydrogens (tertiary/aromatic N) is 2. The van der Waals surface area contributed by atoms with Crippen molar-refractivity contribution in [2.75, 3.05) is 6.54 Å². The molecule has 0 spiro atoms. The molecule has 0 aliphatic carbocycles. The van der Waals surface area contributed by atoms with Crippen LogP contribution >= 0.6 is 0 Å². The first-order valence-electron chi connectivity index (χ1n) is 7.17. The maximum atomic E-state index is 12.5. The Balaban J connectivity index is 2.44. The minimum Gasteiger partial charge on any atom is -0.322 e. The van der Waals surface area contributed by atoms with Gasteiger partial charge in [-0.2, -0.15) is 0 Å². The number of hydrogen-bond donors (Lipinski definition) is 1. The molecule has 1 N–H and O–H groups in total. The van der Waals surface area contributed by atoms with Crippen LogP contribution in [-0.4, -0.2) is 27.8 Å². The molecule has 0 aromatic heterocycles. The van der Waals surface area contributed by atoms with Crippen LogP contribution in [0.3, 0.4) is 0 Å². The molecular formula is C15H21N3O3. The minimum atomic E-state index is -0.611. The first kappa shape index (κ1) is 15.4. The number of hydrogen-bond acceptors (Lipinski definition) is 4. The summed E-state index contributed by atoms with van der Waals surface area (Å²) in [6, 6.07) is 5.14. The Hall–Kier alpha value is -1.95. The third kappa shape index (κ3) is 2.51. The van der Waals surface area contributed by atoms with E-state index in [-0.39, 0.29) is 22.7 Å². The molecule has 0 bridgehead atoms. The van der Waals surface area contributed by atoms with Crippen LogP contribution in [0, 0.1) is 17.0 Å². The van der Waals surface area contributed by atoms with E-state index in [0.29, 0.717) is 18.5 Å². The average molecular weight is 291 g/mol. The standard InChI is InChI=1S/C15H21N3O3/c1-5-15(4)14(19)17(6-2)13(16-15)11-8-7-10(3)12(9-11)18(20)21/h7-9,13,16H,5-6H2,1-4H3. The van der Waals surface area contributed by atoms with Gasteiger partial charge in [0, 0.05) is 18.2 Å². The molecule has 1 aromatic carbocycles. The van der Waals surface area contributed by atoms with Gasteiger partial charge in [0.2, 0.25) is 5.91 Å². The van der Waals surface area contributed by atoms with Crippen LogP contribution in [0.15, 0.2) is 18.2 Å².